The second kappa shape index (κ2) is 4.09. The third kappa shape index (κ3) is 3.40. The van der Waals surface area contributed by atoms with Crippen molar-refractivity contribution in [1.82, 2.24) is 0 Å². The maximum atomic E-state index is 11.8. The number of hydrogen-bond acceptors (Lipinski definition) is 2. The van der Waals surface area contributed by atoms with E-state index >= 15 is 0 Å². The molecule has 0 radical (unpaired) electrons. The molecule has 12 heavy (non-hydrogen) atoms. The molecule has 74 valence electrons. The minimum absolute atomic E-state index is 0.138. The Hall–Kier alpha value is -0.290. The summed E-state index contributed by atoms with van der Waals surface area (Å²) in [5.74, 6) is 0. The van der Waals surface area contributed by atoms with Gasteiger partial charge >= 0.3 is 6.36 Å². The van der Waals surface area contributed by atoms with Gasteiger partial charge in [0, 0.05) is 0 Å². The minimum atomic E-state index is -4.67. The van der Waals surface area contributed by atoms with E-state index in [2.05, 4.69) is 4.74 Å². The van der Waals surface area contributed by atoms with Gasteiger partial charge in [-0.2, -0.15) is 0 Å². The Morgan fingerprint density at radius 1 is 1.17 bits per heavy atom. The lowest BCUT2D eigenvalue weighted by atomic mass is 9.99. The first kappa shape index (κ1) is 11.7. The SMILES string of the molecule is CCC(CC)(CO)OC(F)(F)F. The van der Waals surface area contributed by atoms with Crippen LogP contribution in [0, 0.1) is 0 Å². The highest BCUT2D eigenvalue weighted by Crippen LogP contribution is 2.29. The van der Waals surface area contributed by atoms with Crippen molar-refractivity contribution in [2.45, 2.75) is 38.7 Å². The summed E-state index contributed by atoms with van der Waals surface area (Å²) in [6.07, 6.45) is -4.40. The van der Waals surface area contributed by atoms with Crippen molar-refractivity contribution < 1.29 is 23.0 Å². The van der Waals surface area contributed by atoms with Crippen LogP contribution in [0.15, 0.2) is 0 Å². The minimum Gasteiger partial charge on any atom is -0.393 e. The normalized spacial score (nSPS) is 13.5. The monoisotopic (exact) mass is 186 g/mol. The summed E-state index contributed by atoms with van der Waals surface area (Å²) in [6, 6.07) is 0. The molecule has 0 spiro atoms. The third-order valence-corrected chi connectivity index (χ3v) is 1.91. The molecule has 0 aromatic carbocycles. The Morgan fingerprint density at radius 3 is 1.67 bits per heavy atom. The van der Waals surface area contributed by atoms with Gasteiger partial charge in [-0.15, -0.1) is 13.2 Å². The summed E-state index contributed by atoms with van der Waals surface area (Å²) in [4.78, 5) is 0. The van der Waals surface area contributed by atoms with E-state index in [9.17, 15) is 13.2 Å². The molecule has 0 aliphatic carbocycles. The average Bonchev–Trinajstić information content (AvgIpc) is 1.99. The van der Waals surface area contributed by atoms with Crippen LogP contribution in [0.1, 0.15) is 26.7 Å². The van der Waals surface area contributed by atoms with Gasteiger partial charge in [0.15, 0.2) is 0 Å². The molecule has 0 aromatic rings. The summed E-state index contributed by atoms with van der Waals surface area (Å²) in [5.41, 5.74) is -1.46. The molecule has 0 unspecified atom stereocenters. The van der Waals surface area contributed by atoms with Crippen LogP contribution in [0.25, 0.3) is 0 Å². The fraction of sp³-hybridized carbons (Fsp3) is 1.00. The van der Waals surface area contributed by atoms with Crippen LogP contribution in [-0.2, 0) is 4.74 Å². The van der Waals surface area contributed by atoms with Crippen LogP contribution in [0.2, 0.25) is 0 Å². The number of halogens is 3. The van der Waals surface area contributed by atoms with Gasteiger partial charge in [0.2, 0.25) is 0 Å². The first-order chi connectivity index (χ1) is 5.39. The molecule has 0 rings (SSSR count). The van der Waals surface area contributed by atoms with E-state index in [-0.39, 0.29) is 12.8 Å². The highest BCUT2D eigenvalue weighted by Gasteiger charge is 2.41. The summed E-state index contributed by atoms with van der Waals surface area (Å²) in [6.45, 7) is 2.48. The van der Waals surface area contributed by atoms with E-state index in [0.717, 1.165) is 0 Å². The van der Waals surface area contributed by atoms with E-state index < -0.39 is 18.6 Å². The number of ether oxygens (including phenoxy) is 1. The molecule has 0 aliphatic rings. The standard InChI is InChI=1S/C7H13F3O2/c1-3-6(4-2,5-11)12-7(8,9)10/h11H,3-5H2,1-2H3. The molecular formula is C7H13F3O2. The summed E-state index contributed by atoms with van der Waals surface area (Å²) in [5, 5.41) is 8.71. The second-order valence-electron chi connectivity index (χ2n) is 2.60. The lowest BCUT2D eigenvalue weighted by Crippen LogP contribution is -2.40. The van der Waals surface area contributed by atoms with E-state index in [1.807, 2.05) is 0 Å². The Bertz CT molecular complexity index is 121. The van der Waals surface area contributed by atoms with E-state index in [1.54, 1.807) is 13.8 Å². The molecule has 0 bridgehead atoms. The van der Waals surface area contributed by atoms with Gasteiger partial charge in [-0.25, -0.2) is 0 Å². The average molecular weight is 186 g/mol. The highest BCUT2D eigenvalue weighted by atomic mass is 19.4. The zero-order valence-corrected chi connectivity index (χ0v) is 7.11. The molecule has 0 heterocycles. The number of aliphatic hydroxyl groups is 1. The lowest BCUT2D eigenvalue weighted by Gasteiger charge is -2.30. The van der Waals surface area contributed by atoms with Gasteiger partial charge in [0.1, 0.15) is 5.60 Å². The Morgan fingerprint density at radius 2 is 1.58 bits per heavy atom. The van der Waals surface area contributed by atoms with Crippen molar-refractivity contribution in [3.05, 3.63) is 0 Å². The van der Waals surface area contributed by atoms with E-state index in [0.29, 0.717) is 0 Å². The molecular weight excluding hydrogens is 173 g/mol. The third-order valence-electron chi connectivity index (χ3n) is 1.91. The highest BCUT2D eigenvalue weighted by molar-refractivity contribution is 4.76. The van der Waals surface area contributed by atoms with E-state index in [1.165, 1.54) is 0 Å². The molecule has 0 atom stereocenters. The number of rotatable bonds is 4. The molecule has 0 aromatic heterocycles. The summed E-state index contributed by atoms with van der Waals surface area (Å²) in [7, 11) is 0. The summed E-state index contributed by atoms with van der Waals surface area (Å²) >= 11 is 0. The van der Waals surface area contributed by atoms with Crippen LogP contribution >= 0.6 is 0 Å². The van der Waals surface area contributed by atoms with Crippen LogP contribution in [0.5, 0.6) is 0 Å². The Labute approximate surface area is 69.3 Å². The number of aliphatic hydroxyl groups excluding tert-OH is 1. The van der Waals surface area contributed by atoms with Crippen molar-refractivity contribution in [2.24, 2.45) is 0 Å². The smallest absolute Gasteiger partial charge is 0.393 e. The van der Waals surface area contributed by atoms with Crippen molar-refractivity contribution >= 4 is 0 Å². The maximum absolute atomic E-state index is 11.8. The second-order valence-corrected chi connectivity index (χ2v) is 2.60. The molecule has 1 N–H and O–H groups in total. The fourth-order valence-electron chi connectivity index (χ4n) is 0.896. The fourth-order valence-corrected chi connectivity index (χ4v) is 0.896. The molecule has 0 saturated heterocycles. The molecule has 0 aliphatic heterocycles. The first-order valence-corrected chi connectivity index (χ1v) is 3.77. The maximum Gasteiger partial charge on any atom is 0.523 e. The molecule has 0 saturated carbocycles. The van der Waals surface area contributed by atoms with Gasteiger partial charge in [0.25, 0.3) is 0 Å². The number of hydrogen-bond donors (Lipinski definition) is 1. The first-order valence-electron chi connectivity index (χ1n) is 3.77. The topological polar surface area (TPSA) is 29.5 Å². The van der Waals surface area contributed by atoms with Gasteiger partial charge in [-0.1, -0.05) is 13.8 Å². The van der Waals surface area contributed by atoms with Gasteiger partial charge in [-0.05, 0) is 12.8 Å². The van der Waals surface area contributed by atoms with Crippen LogP contribution in [-0.4, -0.2) is 23.7 Å². The zero-order valence-electron chi connectivity index (χ0n) is 7.11. The van der Waals surface area contributed by atoms with Crippen molar-refractivity contribution in [1.29, 1.82) is 0 Å². The van der Waals surface area contributed by atoms with Crippen molar-refractivity contribution in [3.8, 4) is 0 Å². The number of alkyl halides is 3. The predicted molar refractivity (Wildman–Crippen MR) is 37.5 cm³/mol. The Balaban J connectivity index is 4.30. The van der Waals surface area contributed by atoms with Crippen molar-refractivity contribution in [2.75, 3.05) is 6.61 Å². The largest absolute Gasteiger partial charge is 0.523 e. The van der Waals surface area contributed by atoms with E-state index in [4.69, 9.17) is 5.11 Å². The molecule has 2 nitrogen and oxygen atoms in total. The predicted octanol–water partition coefficient (Wildman–Crippen LogP) is 2.07. The molecule has 0 amide bonds. The van der Waals surface area contributed by atoms with Crippen molar-refractivity contribution in [3.63, 3.8) is 0 Å². The van der Waals surface area contributed by atoms with Gasteiger partial charge in [-0.3, -0.25) is 4.74 Å². The Kier molecular flexibility index (Phi) is 3.99. The summed E-state index contributed by atoms with van der Waals surface area (Å²) < 4.78 is 39.2. The zero-order chi connectivity index (χ0) is 9.83. The van der Waals surface area contributed by atoms with Gasteiger partial charge < -0.3 is 5.11 Å². The van der Waals surface area contributed by atoms with Crippen LogP contribution < -0.4 is 0 Å². The van der Waals surface area contributed by atoms with Crippen LogP contribution in [0.4, 0.5) is 13.2 Å². The van der Waals surface area contributed by atoms with Gasteiger partial charge in [0.05, 0.1) is 6.61 Å². The van der Waals surface area contributed by atoms with Crippen LogP contribution in [0.3, 0.4) is 0 Å². The lowest BCUT2D eigenvalue weighted by molar-refractivity contribution is -0.372. The molecule has 0 fully saturated rings. The quantitative estimate of drug-likeness (QED) is 0.728. The molecule has 5 heteroatoms.